The van der Waals surface area contributed by atoms with E-state index in [1.165, 1.54) is 14.2 Å². The Morgan fingerprint density at radius 2 is 2.00 bits per heavy atom. The summed E-state index contributed by atoms with van der Waals surface area (Å²) >= 11 is 5.81. The van der Waals surface area contributed by atoms with Crippen molar-refractivity contribution < 1.29 is 9.47 Å². The molecule has 1 aromatic rings. The van der Waals surface area contributed by atoms with E-state index in [1.807, 2.05) is 0 Å². The lowest BCUT2D eigenvalue weighted by atomic mass is 10.2. The van der Waals surface area contributed by atoms with Crippen molar-refractivity contribution in [2.45, 2.75) is 0 Å². The summed E-state index contributed by atoms with van der Waals surface area (Å²) in [5.41, 5.74) is 0.590. The average Bonchev–Trinajstić information content (AvgIpc) is 2.16. The molecule has 0 spiro atoms. The van der Waals surface area contributed by atoms with Gasteiger partial charge < -0.3 is 9.47 Å². The van der Waals surface area contributed by atoms with Crippen molar-refractivity contribution in [1.82, 2.24) is 0 Å². The fourth-order valence-electron chi connectivity index (χ4n) is 1.04. The van der Waals surface area contributed by atoms with Crippen LogP contribution in [-0.2, 0) is 0 Å². The predicted molar refractivity (Wildman–Crippen MR) is 52.5 cm³/mol. The summed E-state index contributed by atoms with van der Waals surface area (Å²) in [5, 5.41) is 0.533. The van der Waals surface area contributed by atoms with Crippen LogP contribution in [0.25, 0.3) is 0 Å². The summed E-state index contributed by atoms with van der Waals surface area (Å²) in [5.74, 6) is 3.55. The molecule has 0 aliphatic carbocycles. The lowest BCUT2D eigenvalue weighted by Gasteiger charge is -2.09. The third-order valence-corrected chi connectivity index (χ3v) is 1.82. The van der Waals surface area contributed by atoms with Gasteiger partial charge in [-0.1, -0.05) is 17.5 Å². The molecule has 0 radical (unpaired) electrons. The molecule has 0 saturated heterocycles. The van der Waals surface area contributed by atoms with Gasteiger partial charge in [0.05, 0.1) is 19.8 Å². The number of rotatable bonds is 2. The van der Waals surface area contributed by atoms with E-state index in [4.69, 9.17) is 27.5 Å². The summed E-state index contributed by atoms with van der Waals surface area (Å²) in [6, 6.07) is 3.31. The first-order valence-electron chi connectivity index (χ1n) is 3.61. The summed E-state index contributed by atoms with van der Waals surface area (Å²) < 4.78 is 10.1. The van der Waals surface area contributed by atoms with Gasteiger partial charge in [-0.2, -0.15) is 0 Å². The van der Waals surface area contributed by atoms with Crippen molar-refractivity contribution >= 4 is 11.6 Å². The maximum Gasteiger partial charge on any atom is 0.176 e. The molecule has 0 fully saturated rings. The molecular formula is C10H9ClO2. The van der Waals surface area contributed by atoms with Gasteiger partial charge in [0.15, 0.2) is 11.5 Å². The molecule has 68 valence electrons. The van der Waals surface area contributed by atoms with E-state index >= 15 is 0 Å². The minimum atomic E-state index is 0.533. The van der Waals surface area contributed by atoms with Gasteiger partial charge in [0.2, 0.25) is 0 Å². The Hall–Kier alpha value is -1.33. The third-order valence-electron chi connectivity index (χ3n) is 1.60. The molecule has 0 N–H and O–H groups in total. The van der Waals surface area contributed by atoms with Crippen LogP contribution in [0.3, 0.4) is 0 Å². The molecular weight excluding hydrogens is 188 g/mol. The second kappa shape index (κ2) is 4.06. The van der Waals surface area contributed by atoms with Crippen LogP contribution in [0.5, 0.6) is 11.5 Å². The monoisotopic (exact) mass is 196 g/mol. The molecule has 3 heteroatoms. The van der Waals surface area contributed by atoms with Crippen molar-refractivity contribution in [2.75, 3.05) is 14.2 Å². The SMILES string of the molecule is C#Cc1cc(Cl)cc(OC)c1OC. The van der Waals surface area contributed by atoms with Crippen molar-refractivity contribution in [2.24, 2.45) is 0 Å². The molecule has 0 heterocycles. The maximum absolute atomic E-state index is 5.81. The quantitative estimate of drug-likeness (QED) is 0.676. The topological polar surface area (TPSA) is 18.5 Å². The number of ether oxygens (including phenoxy) is 2. The van der Waals surface area contributed by atoms with Gasteiger partial charge in [-0.3, -0.25) is 0 Å². The number of terminal acetylenes is 1. The highest BCUT2D eigenvalue weighted by Gasteiger charge is 2.09. The van der Waals surface area contributed by atoms with Crippen LogP contribution in [0, 0.1) is 12.3 Å². The lowest BCUT2D eigenvalue weighted by Crippen LogP contribution is -1.93. The Labute approximate surface area is 82.4 Å². The molecule has 0 aliphatic heterocycles. The van der Waals surface area contributed by atoms with E-state index < -0.39 is 0 Å². The smallest absolute Gasteiger partial charge is 0.176 e. The van der Waals surface area contributed by atoms with Gasteiger partial charge in [-0.05, 0) is 6.07 Å². The standard InChI is InChI=1S/C10H9ClO2/c1-4-7-5-8(11)6-9(12-2)10(7)13-3/h1,5-6H,2-3H3. The van der Waals surface area contributed by atoms with Crippen LogP contribution in [0.2, 0.25) is 5.02 Å². The van der Waals surface area contributed by atoms with Gasteiger partial charge in [-0.15, -0.1) is 6.42 Å². The zero-order chi connectivity index (χ0) is 9.84. The lowest BCUT2D eigenvalue weighted by molar-refractivity contribution is 0.354. The molecule has 0 bridgehead atoms. The van der Waals surface area contributed by atoms with E-state index in [9.17, 15) is 0 Å². The second-order valence-electron chi connectivity index (χ2n) is 2.33. The predicted octanol–water partition coefficient (Wildman–Crippen LogP) is 2.34. The minimum absolute atomic E-state index is 0.533. The van der Waals surface area contributed by atoms with Crippen molar-refractivity contribution in [3.05, 3.63) is 22.7 Å². The molecule has 0 unspecified atom stereocenters. The third kappa shape index (κ3) is 1.88. The molecule has 0 saturated carbocycles. The van der Waals surface area contributed by atoms with Gasteiger partial charge >= 0.3 is 0 Å². The van der Waals surface area contributed by atoms with Gasteiger partial charge in [0, 0.05) is 11.1 Å². The Bertz CT molecular complexity index is 353. The maximum atomic E-state index is 5.81. The molecule has 13 heavy (non-hydrogen) atoms. The zero-order valence-corrected chi connectivity index (χ0v) is 8.18. The molecule has 1 rings (SSSR count). The van der Waals surface area contributed by atoms with E-state index in [2.05, 4.69) is 5.92 Å². The highest BCUT2D eigenvalue weighted by atomic mass is 35.5. The molecule has 2 nitrogen and oxygen atoms in total. The van der Waals surface area contributed by atoms with Crippen LogP contribution in [-0.4, -0.2) is 14.2 Å². The van der Waals surface area contributed by atoms with Crippen molar-refractivity contribution in [1.29, 1.82) is 0 Å². The minimum Gasteiger partial charge on any atom is -0.493 e. The first kappa shape index (κ1) is 9.76. The number of hydrogen-bond donors (Lipinski definition) is 0. The molecule has 0 aliphatic rings. The first-order valence-corrected chi connectivity index (χ1v) is 3.99. The highest BCUT2D eigenvalue weighted by Crippen LogP contribution is 2.33. The Balaban J connectivity index is 3.36. The summed E-state index contributed by atoms with van der Waals surface area (Å²) in [6.45, 7) is 0. The fraction of sp³-hybridized carbons (Fsp3) is 0.200. The highest BCUT2D eigenvalue weighted by molar-refractivity contribution is 6.30. The molecule has 0 atom stereocenters. The number of benzene rings is 1. The van der Waals surface area contributed by atoms with Crippen LogP contribution in [0.4, 0.5) is 0 Å². The van der Waals surface area contributed by atoms with Gasteiger partial charge in [0.1, 0.15) is 0 Å². The van der Waals surface area contributed by atoms with E-state index in [0.29, 0.717) is 22.1 Å². The Kier molecular flexibility index (Phi) is 3.05. The van der Waals surface area contributed by atoms with Crippen LogP contribution in [0.15, 0.2) is 12.1 Å². The Morgan fingerprint density at radius 1 is 1.31 bits per heavy atom. The normalized spacial score (nSPS) is 9.08. The molecule has 0 amide bonds. The van der Waals surface area contributed by atoms with Crippen molar-refractivity contribution in [3.63, 3.8) is 0 Å². The Morgan fingerprint density at radius 3 is 2.46 bits per heavy atom. The van der Waals surface area contributed by atoms with Crippen LogP contribution < -0.4 is 9.47 Å². The second-order valence-corrected chi connectivity index (χ2v) is 2.77. The van der Waals surface area contributed by atoms with Crippen LogP contribution in [0.1, 0.15) is 5.56 Å². The number of hydrogen-bond acceptors (Lipinski definition) is 2. The van der Waals surface area contributed by atoms with Crippen molar-refractivity contribution in [3.8, 4) is 23.8 Å². The fourth-order valence-corrected chi connectivity index (χ4v) is 1.25. The van der Waals surface area contributed by atoms with Crippen LogP contribution >= 0.6 is 11.6 Å². The van der Waals surface area contributed by atoms with E-state index in [0.717, 1.165) is 0 Å². The van der Waals surface area contributed by atoms with E-state index in [-0.39, 0.29) is 0 Å². The largest absolute Gasteiger partial charge is 0.493 e. The first-order chi connectivity index (χ1) is 6.22. The zero-order valence-electron chi connectivity index (χ0n) is 7.43. The number of halogens is 1. The number of methoxy groups -OCH3 is 2. The average molecular weight is 197 g/mol. The van der Waals surface area contributed by atoms with Gasteiger partial charge in [0.25, 0.3) is 0 Å². The molecule has 0 aromatic heterocycles. The molecule has 1 aromatic carbocycles. The summed E-state index contributed by atoms with van der Waals surface area (Å²) in [6.07, 6.45) is 5.27. The summed E-state index contributed by atoms with van der Waals surface area (Å²) in [4.78, 5) is 0. The van der Waals surface area contributed by atoms with E-state index in [1.54, 1.807) is 12.1 Å². The van der Waals surface area contributed by atoms with Gasteiger partial charge in [-0.25, -0.2) is 0 Å². The summed E-state index contributed by atoms with van der Waals surface area (Å²) in [7, 11) is 3.07.